The first kappa shape index (κ1) is 19.4. The normalized spacial score (nSPS) is 20.9. The maximum absolute atomic E-state index is 13.1. The lowest BCUT2D eigenvalue weighted by Crippen LogP contribution is -2.62. The summed E-state index contributed by atoms with van der Waals surface area (Å²) in [6, 6.07) is 8.17. The third-order valence-corrected chi connectivity index (χ3v) is 5.54. The number of pyridine rings is 1. The zero-order chi connectivity index (χ0) is 21.6. The first-order chi connectivity index (χ1) is 14.2. The molecule has 1 saturated heterocycles. The van der Waals surface area contributed by atoms with Crippen molar-refractivity contribution in [3.8, 4) is 0 Å². The van der Waals surface area contributed by atoms with Gasteiger partial charge in [0.15, 0.2) is 0 Å². The van der Waals surface area contributed by atoms with Gasteiger partial charge in [0, 0.05) is 12.6 Å². The lowest BCUT2D eigenvalue weighted by atomic mass is 9.89. The van der Waals surface area contributed by atoms with E-state index < -0.39 is 35.1 Å². The van der Waals surface area contributed by atoms with Crippen LogP contribution in [0.4, 0.5) is 0 Å². The number of aromatic nitrogens is 1. The van der Waals surface area contributed by atoms with E-state index in [0.29, 0.717) is 11.1 Å². The Morgan fingerprint density at radius 1 is 1.17 bits per heavy atom. The summed E-state index contributed by atoms with van der Waals surface area (Å²) in [6.07, 6.45) is 1.85. The fourth-order valence-corrected chi connectivity index (χ4v) is 3.88. The molecule has 2 aliphatic heterocycles. The molecule has 1 aromatic carbocycles. The summed E-state index contributed by atoms with van der Waals surface area (Å²) in [7, 11) is 0. The molecule has 0 bridgehead atoms. The van der Waals surface area contributed by atoms with Gasteiger partial charge >= 0.3 is 0 Å². The van der Waals surface area contributed by atoms with E-state index in [4.69, 9.17) is 5.73 Å². The van der Waals surface area contributed by atoms with Crippen LogP contribution in [0.25, 0.3) is 0 Å². The number of hydrogen-bond donors (Lipinski definition) is 2. The Morgan fingerprint density at radius 3 is 2.60 bits per heavy atom. The summed E-state index contributed by atoms with van der Waals surface area (Å²) in [4.78, 5) is 66.4. The smallest absolute Gasteiger partial charge is 0.267 e. The zero-order valence-electron chi connectivity index (χ0n) is 16.1. The van der Waals surface area contributed by atoms with Crippen molar-refractivity contribution in [2.24, 2.45) is 5.73 Å². The lowest BCUT2D eigenvalue weighted by Gasteiger charge is -2.38. The maximum atomic E-state index is 13.1. The van der Waals surface area contributed by atoms with Gasteiger partial charge in [-0.15, -0.1) is 0 Å². The highest BCUT2D eigenvalue weighted by Gasteiger charge is 2.52. The first-order valence-electron chi connectivity index (χ1n) is 9.32. The Hall–Kier alpha value is -3.88. The molecule has 1 atom stereocenters. The number of rotatable bonds is 4. The third kappa shape index (κ3) is 2.95. The minimum atomic E-state index is -1.44. The maximum Gasteiger partial charge on any atom is 0.267 e. The molecular weight excluding hydrogens is 388 g/mol. The molecule has 0 unspecified atom stereocenters. The van der Waals surface area contributed by atoms with E-state index in [1.54, 1.807) is 24.3 Å². The van der Waals surface area contributed by atoms with E-state index >= 15 is 0 Å². The summed E-state index contributed by atoms with van der Waals surface area (Å²) >= 11 is 0. The van der Waals surface area contributed by atoms with Gasteiger partial charge in [-0.1, -0.05) is 12.1 Å². The minimum absolute atomic E-state index is 0.0395. The standard InChI is InChI=1S/C21H18N4O5/c1-21(7-6-15(26)24-20(21)30)25-18(28)13-5-4-11(10-14(13)19(25)29)9-12-3-2-8-23-16(12)17(22)27/h2-5,8,10H,6-7,9H2,1H3,(H2,22,27)(H,24,26,30)/t21-/m0/s1. The molecule has 2 aliphatic rings. The van der Waals surface area contributed by atoms with Crippen LogP contribution in [-0.4, -0.2) is 45.0 Å². The minimum Gasteiger partial charge on any atom is -0.364 e. The van der Waals surface area contributed by atoms with Crippen LogP contribution in [0.1, 0.15) is 62.1 Å². The van der Waals surface area contributed by atoms with Gasteiger partial charge in [-0.25, -0.2) is 0 Å². The van der Waals surface area contributed by atoms with Gasteiger partial charge in [0.1, 0.15) is 11.2 Å². The Labute approximate surface area is 171 Å². The highest BCUT2D eigenvalue weighted by Crippen LogP contribution is 2.34. The Balaban J connectivity index is 1.67. The van der Waals surface area contributed by atoms with Crippen LogP contribution in [0.15, 0.2) is 36.5 Å². The van der Waals surface area contributed by atoms with Crippen molar-refractivity contribution in [2.45, 2.75) is 31.7 Å². The number of benzene rings is 1. The molecule has 0 radical (unpaired) electrons. The lowest BCUT2D eigenvalue weighted by molar-refractivity contribution is -0.140. The van der Waals surface area contributed by atoms with Crippen molar-refractivity contribution >= 4 is 29.5 Å². The summed E-state index contributed by atoms with van der Waals surface area (Å²) in [5.74, 6) is -2.93. The summed E-state index contributed by atoms with van der Waals surface area (Å²) < 4.78 is 0. The van der Waals surface area contributed by atoms with Gasteiger partial charge in [-0.05, 0) is 49.1 Å². The van der Waals surface area contributed by atoms with E-state index in [-0.39, 0.29) is 36.1 Å². The van der Waals surface area contributed by atoms with Gasteiger partial charge in [0.05, 0.1) is 11.1 Å². The number of carbonyl (C=O) groups is 5. The molecule has 3 heterocycles. The Bertz CT molecular complexity index is 1140. The summed E-state index contributed by atoms with van der Waals surface area (Å²) in [5.41, 5.74) is 5.70. The summed E-state index contributed by atoms with van der Waals surface area (Å²) in [5, 5.41) is 2.20. The SMILES string of the molecule is C[C@]1(N2C(=O)c3ccc(Cc4cccnc4C(N)=O)cc3C2=O)CCC(=O)NC1=O. The van der Waals surface area contributed by atoms with Crippen LogP contribution < -0.4 is 11.1 Å². The van der Waals surface area contributed by atoms with Gasteiger partial charge < -0.3 is 5.73 Å². The Morgan fingerprint density at radius 2 is 1.90 bits per heavy atom. The molecule has 1 aromatic heterocycles. The van der Waals surface area contributed by atoms with Crippen molar-refractivity contribution in [1.82, 2.24) is 15.2 Å². The molecule has 1 fully saturated rings. The number of amides is 5. The van der Waals surface area contributed by atoms with Gasteiger partial charge in [0.25, 0.3) is 23.6 Å². The highest BCUT2D eigenvalue weighted by molar-refractivity contribution is 6.24. The predicted molar refractivity (Wildman–Crippen MR) is 103 cm³/mol. The van der Waals surface area contributed by atoms with Gasteiger partial charge in [0.2, 0.25) is 5.91 Å². The van der Waals surface area contributed by atoms with Crippen LogP contribution in [0, 0.1) is 0 Å². The van der Waals surface area contributed by atoms with Crippen LogP contribution in [0.5, 0.6) is 0 Å². The van der Waals surface area contributed by atoms with Gasteiger partial charge in [-0.3, -0.25) is 39.2 Å². The molecular formula is C21H18N4O5. The monoisotopic (exact) mass is 406 g/mol. The topological polar surface area (TPSA) is 140 Å². The molecule has 0 aliphatic carbocycles. The van der Waals surface area contributed by atoms with Crippen LogP contribution in [-0.2, 0) is 16.0 Å². The number of nitrogens with zero attached hydrogens (tertiary/aromatic N) is 2. The molecule has 30 heavy (non-hydrogen) atoms. The number of nitrogens with two attached hydrogens (primary N) is 1. The molecule has 152 valence electrons. The van der Waals surface area contributed by atoms with Crippen LogP contribution >= 0.6 is 0 Å². The average Bonchev–Trinajstić information content (AvgIpc) is 2.96. The average molecular weight is 406 g/mol. The first-order valence-corrected chi connectivity index (χ1v) is 9.32. The molecule has 4 rings (SSSR count). The molecule has 9 nitrogen and oxygen atoms in total. The second-order valence-electron chi connectivity index (χ2n) is 7.53. The molecule has 0 spiro atoms. The number of primary amides is 1. The number of carbonyl (C=O) groups excluding carboxylic acids is 5. The molecule has 5 amide bonds. The van der Waals surface area contributed by atoms with Gasteiger partial charge in [-0.2, -0.15) is 0 Å². The van der Waals surface area contributed by atoms with E-state index in [1.165, 1.54) is 19.2 Å². The molecule has 3 N–H and O–H groups in total. The van der Waals surface area contributed by atoms with Crippen molar-refractivity contribution in [3.63, 3.8) is 0 Å². The van der Waals surface area contributed by atoms with Crippen molar-refractivity contribution in [2.75, 3.05) is 0 Å². The highest BCUT2D eigenvalue weighted by atomic mass is 16.2. The van der Waals surface area contributed by atoms with Crippen molar-refractivity contribution in [3.05, 3.63) is 64.5 Å². The largest absolute Gasteiger partial charge is 0.364 e. The number of fused-ring (bicyclic) bond motifs is 1. The van der Waals surface area contributed by atoms with Crippen molar-refractivity contribution < 1.29 is 24.0 Å². The second kappa shape index (κ2) is 6.87. The third-order valence-electron chi connectivity index (χ3n) is 5.54. The quantitative estimate of drug-likeness (QED) is 0.711. The summed E-state index contributed by atoms with van der Waals surface area (Å²) in [6.45, 7) is 1.48. The predicted octanol–water partition coefficient (Wildman–Crippen LogP) is 0.563. The molecule has 9 heteroatoms. The van der Waals surface area contributed by atoms with Crippen LogP contribution in [0.3, 0.4) is 0 Å². The number of nitrogens with one attached hydrogen (secondary N) is 1. The fraction of sp³-hybridized carbons (Fsp3) is 0.238. The zero-order valence-corrected chi connectivity index (χ0v) is 16.1. The van der Waals surface area contributed by atoms with E-state index in [2.05, 4.69) is 10.3 Å². The van der Waals surface area contributed by atoms with Crippen LogP contribution in [0.2, 0.25) is 0 Å². The van der Waals surface area contributed by atoms with E-state index in [1.807, 2.05) is 0 Å². The molecule has 2 aromatic rings. The Kier molecular flexibility index (Phi) is 4.45. The number of piperidine rings is 1. The van der Waals surface area contributed by atoms with Crippen molar-refractivity contribution in [1.29, 1.82) is 0 Å². The number of hydrogen-bond acceptors (Lipinski definition) is 6. The van der Waals surface area contributed by atoms with E-state index in [9.17, 15) is 24.0 Å². The molecule has 0 saturated carbocycles. The number of imide groups is 2. The van der Waals surface area contributed by atoms with E-state index in [0.717, 1.165) is 4.90 Å². The fourth-order valence-electron chi connectivity index (χ4n) is 3.88. The second-order valence-corrected chi connectivity index (χ2v) is 7.53.